The molecule has 0 aliphatic rings. The second kappa shape index (κ2) is 6.98. The summed E-state index contributed by atoms with van der Waals surface area (Å²) in [5, 5.41) is 2.51. The number of benzene rings is 1. The Morgan fingerprint density at radius 3 is 2.14 bits per heavy atom. The van der Waals surface area contributed by atoms with Gasteiger partial charge in [0.1, 0.15) is 0 Å². The zero-order chi connectivity index (χ0) is 16.1. The summed E-state index contributed by atoms with van der Waals surface area (Å²) in [5.41, 5.74) is 0.471. The van der Waals surface area contributed by atoms with Crippen LogP contribution in [0.3, 0.4) is 0 Å². The third kappa shape index (κ3) is 5.79. The number of amides is 1. The van der Waals surface area contributed by atoms with Crippen LogP contribution in [0.4, 0.5) is 5.69 Å². The average molecular weight is 335 g/mol. The Bertz CT molecular complexity index is 696. The lowest BCUT2D eigenvalue weighted by atomic mass is 10.3. The number of carbonyl (C=O) groups excluding carboxylic acids is 1. The van der Waals surface area contributed by atoms with E-state index in [1.165, 1.54) is 38.2 Å². The van der Waals surface area contributed by atoms with Gasteiger partial charge < -0.3 is 5.32 Å². The van der Waals surface area contributed by atoms with Gasteiger partial charge in [0.15, 0.2) is 0 Å². The molecule has 0 unspecified atom stereocenters. The zero-order valence-corrected chi connectivity index (χ0v) is 13.2. The number of rotatable bonds is 7. The number of hydrogen-bond acceptors (Lipinski definition) is 5. The van der Waals surface area contributed by atoms with Gasteiger partial charge in [-0.05, 0) is 31.3 Å². The summed E-state index contributed by atoms with van der Waals surface area (Å²) in [4.78, 5) is 10.8. The SMILES string of the molecule is CNS(=O)(=O)CCNS(=O)(=O)c1ccc(NC(C)=O)cc1. The Balaban J connectivity index is 2.72. The van der Waals surface area contributed by atoms with E-state index in [0.29, 0.717) is 5.69 Å². The first kappa shape index (κ1) is 17.6. The van der Waals surface area contributed by atoms with Crippen LogP contribution in [-0.2, 0) is 24.8 Å². The molecule has 0 atom stereocenters. The zero-order valence-electron chi connectivity index (χ0n) is 11.6. The first-order chi connectivity index (χ1) is 9.66. The van der Waals surface area contributed by atoms with Crippen LogP contribution in [0, 0.1) is 0 Å². The lowest BCUT2D eigenvalue weighted by Gasteiger charge is -2.08. The molecule has 0 saturated heterocycles. The van der Waals surface area contributed by atoms with E-state index in [1.54, 1.807) is 0 Å². The van der Waals surface area contributed by atoms with E-state index < -0.39 is 20.0 Å². The van der Waals surface area contributed by atoms with Crippen molar-refractivity contribution in [1.82, 2.24) is 9.44 Å². The summed E-state index contributed by atoms with van der Waals surface area (Å²) in [5.74, 6) is -0.617. The predicted octanol–water partition coefficient (Wildman–Crippen LogP) is -0.527. The maximum atomic E-state index is 11.9. The second-order valence-electron chi connectivity index (χ2n) is 4.13. The van der Waals surface area contributed by atoms with Crippen molar-refractivity contribution in [2.45, 2.75) is 11.8 Å². The van der Waals surface area contributed by atoms with Gasteiger partial charge in [0.2, 0.25) is 26.0 Å². The molecule has 0 bridgehead atoms. The van der Waals surface area contributed by atoms with Gasteiger partial charge in [0.05, 0.1) is 10.6 Å². The van der Waals surface area contributed by atoms with Crippen molar-refractivity contribution in [3.63, 3.8) is 0 Å². The highest BCUT2D eigenvalue weighted by atomic mass is 32.2. The third-order valence-electron chi connectivity index (χ3n) is 2.46. The lowest BCUT2D eigenvalue weighted by Crippen LogP contribution is -2.32. The summed E-state index contributed by atoms with van der Waals surface area (Å²) in [6.45, 7) is 1.10. The first-order valence-electron chi connectivity index (χ1n) is 5.95. The molecule has 1 amide bonds. The van der Waals surface area contributed by atoms with Crippen LogP contribution in [0.2, 0.25) is 0 Å². The molecule has 0 fully saturated rings. The van der Waals surface area contributed by atoms with Crippen molar-refractivity contribution in [2.24, 2.45) is 0 Å². The maximum absolute atomic E-state index is 11.9. The van der Waals surface area contributed by atoms with E-state index in [0.717, 1.165) is 0 Å². The van der Waals surface area contributed by atoms with Crippen LogP contribution in [0.15, 0.2) is 29.2 Å². The molecule has 0 saturated carbocycles. The van der Waals surface area contributed by atoms with Gasteiger partial charge in [-0.3, -0.25) is 4.79 Å². The second-order valence-corrected chi connectivity index (χ2v) is 7.94. The van der Waals surface area contributed by atoms with E-state index in [2.05, 4.69) is 14.8 Å². The summed E-state index contributed by atoms with van der Waals surface area (Å²) < 4.78 is 50.5. The first-order valence-corrected chi connectivity index (χ1v) is 9.08. The van der Waals surface area contributed by atoms with Gasteiger partial charge in [-0.2, -0.15) is 0 Å². The van der Waals surface area contributed by atoms with Crippen molar-refractivity contribution in [1.29, 1.82) is 0 Å². The maximum Gasteiger partial charge on any atom is 0.240 e. The molecule has 118 valence electrons. The van der Waals surface area contributed by atoms with Crippen molar-refractivity contribution >= 4 is 31.6 Å². The number of hydrogen-bond donors (Lipinski definition) is 3. The molecular weight excluding hydrogens is 318 g/mol. The Labute approximate surface area is 124 Å². The Hall–Kier alpha value is -1.49. The van der Waals surface area contributed by atoms with E-state index in [-0.39, 0.29) is 23.1 Å². The summed E-state index contributed by atoms with van der Waals surface area (Å²) in [6, 6.07) is 5.53. The van der Waals surface area contributed by atoms with Crippen molar-refractivity contribution in [3.8, 4) is 0 Å². The summed E-state index contributed by atoms with van der Waals surface area (Å²) >= 11 is 0. The van der Waals surface area contributed by atoms with Crippen LogP contribution in [0.1, 0.15) is 6.92 Å². The highest BCUT2D eigenvalue weighted by Crippen LogP contribution is 2.13. The van der Waals surface area contributed by atoms with Gasteiger partial charge in [-0.15, -0.1) is 0 Å². The van der Waals surface area contributed by atoms with Crippen LogP contribution in [-0.4, -0.2) is 42.1 Å². The van der Waals surface area contributed by atoms with E-state index in [9.17, 15) is 21.6 Å². The molecule has 1 rings (SSSR count). The highest BCUT2D eigenvalue weighted by Gasteiger charge is 2.15. The fourth-order valence-corrected chi connectivity index (χ4v) is 3.15. The van der Waals surface area contributed by atoms with Crippen molar-refractivity contribution < 1.29 is 21.6 Å². The Kier molecular flexibility index (Phi) is 5.84. The molecule has 0 aliphatic carbocycles. The molecule has 0 heterocycles. The van der Waals surface area contributed by atoms with Crippen LogP contribution in [0.5, 0.6) is 0 Å². The number of nitrogens with one attached hydrogen (secondary N) is 3. The van der Waals surface area contributed by atoms with E-state index >= 15 is 0 Å². The Morgan fingerprint density at radius 2 is 1.67 bits per heavy atom. The van der Waals surface area contributed by atoms with Crippen LogP contribution < -0.4 is 14.8 Å². The molecule has 0 spiro atoms. The van der Waals surface area contributed by atoms with Gasteiger partial charge in [-0.1, -0.05) is 0 Å². The molecule has 1 aromatic carbocycles. The molecular formula is C11H17N3O5S2. The lowest BCUT2D eigenvalue weighted by molar-refractivity contribution is -0.114. The molecule has 1 aromatic rings. The standard InChI is InChI=1S/C11H17N3O5S2/c1-9(15)14-10-3-5-11(6-4-10)21(18,19)13-7-8-20(16,17)12-2/h3-6,12-13H,7-8H2,1-2H3,(H,14,15). The van der Waals surface area contributed by atoms with Gasteiger partial charge >= 0.3 is 0 Å². The van der Waals surface area contributed by atoms with Crippen LogP contribution >= 0.6 is 0 Å². The van der Waals surface area contributed by atoms with Crippen LogP contribution in [0.25, 0.3) is 0 Å². The average Bonchev–Trinajstić information content (AvgIpc) is 2.38. The molecule has 21 heavy (non-hydrogen) atoms. The third-order valence-corrected chi connectivity index (χ3v) is 5.30. The van der Waals surface area contributed by atoms with Crippen molar-refractivity contribution in [2.75, 3.05) is 24.7 Å². The number of anilines is 1. The molecule has 3 N–H and O–H groups in total. The molecule has 0 aromatic heterocycles. The fourth-order valence-electron chi connectivity index (χ4n) is 1.42. The molecule has 10 heteroatoms. The van der Waals surface area contributed by atoms with Gasteiger partial charge in [-0.25, -0.2) is 26.3 Å². The van der Waals surface area contributed by atoms with E-state index in [4.69, 9.17) is 0 Å². The molecule has 8 nitrogen and oxygen atoms in total. The highest BCUT2D eigenvalue weighted by molar-refractivity contribution is 7.90. The minimum absolute atomic E-state index is 0.0153. The minimum atomic E-state index is -3.79. The quantitative estimate of drug-likeness (QED) is 0.618. The predicted molar refractivity (Wildman–Crippen MR) is 78.8 cm³/mol. The normalized spacial score (nSPS) is 12.1. The van der Waals surface area contributed by atoms with Crippen molar-refractivity contribution in [3.05, 3.63) is 24.3 Å². The topological polar surface area (TPSA) is 121 Å². The largest absolute Gasteiger partial charge is 0.326 e. The number of carbonyl (C=O) groups is 1. The molecule has 0 aliphatic heterocycles. The summed E-state index contributed by atoms with van der Waals surface area (Å²) in [7, 11) is -6.01. The minimum Gasteiger partial charge on any atom is -0.326 e. The van der Waals surface area contributed by atoms with Gasteiger partial charge in [0.25, 0.3) is 0 Å². The molecule has 0 radical (unpaired) electrons. The fraction of sp³-hybridized carbons (Fsp3) is 0.364. The van der Waals surface area contributed by atoms with Gasteiger partial charge in [0, 0.05) is 19.2 Å². The Morgan fingerprint density at radius 1 is 1.10 bits per heavy atom. The van der Waals surface area contributed by atoms with E-state index in [1.807, 2.05) is 0 Å². The smallest absolute Gasteiger partial charge is 0.240 e. The summed E-state index contributed by atoms with van der Waals surface area (Å²) in [6.07, 6.45) is 0. The monoisotopic (exact) mass is 335 g/mol. The number of sulfonamides is 2.